The lowest BCUT2D eigenvalue weighted by molar-refractivity contribution is -0.121. The molecule has 0 atom stereocenters. The van der Waals surface area contributed by atoms with Crippen molar-refractivity contribution in [1.82, 2.24) is 9.47 Å². The van der Waals surface area contributed by atoms with Crippen LogP contribution in [0.2, 0.25) is 0 Å². The lowest BCUT2D eigenvalue weighted by Gasteiger charge is -2.28. The number of carbonyl (C=O) groups is 2. The molecular formula is C31H29N5O3S. The summed E-state index contributed by atoms with van der Waals surface area (Å²) in [6.45, 7) is 3.39. The minimum absolute atomic E-state index is 0.104. The number of amidine groups is 1. The number of benzene rings is 3. The van der Waals surface area contributed by atoms with Crippen molar-refractivity contribution in [3.63, 3.8) is 0 Å². The first-order chi connectivity index (χ1) is 19.5. The van der Waals surface area contributed by atoms with Gasteiger partial charge in [0.05, 0.1) is 23.8 Å². The molecule has 40 heavy (non-hydrogen) atoms. The zero-order chi connectivity index (χ0) is 27.5. The molecule has 1 N–H and O–H groups in total. The maximum Gasteiger partial charge on any atom is 0.266 e. The van der Waals surface area contributed by atoms with Crippen LogP contribution in [0.15, 0.2) is 95.0 Å². The third kappa shape index (κ3) is 5.52. The second kappa shape index (κ2) is 11.4. The van der Waals surface area contributed by atoms with Crippen LogP contribution in [0.25, 0.3) is 17.0 Å². The van der Waals surface area contributed by atoms with Crippen molar-refractivity contribution in [2.24, 2.45) is 4.99 Å². The lowest BCUT2D eigenvalue weighted by atomic mass is 10.1. The van der Waals surface area contributed by atoms with Gasteiger partial charge in [0, 0.05) is 54.2 Å². The van der Waals surface area contributed by atoms with Crippen molar-refractivity contribution in [2.75, 3.05) is 43.6 Å². The van der Waals surface area contributed by atoms with Crippen LogP contribution in [0.5, 0.6) is 0 Å². The van der Waals surface area contributed by atoms with Gasteiger partial charge in [0.25, 0.3) is 5.91 Å². The Morgan fingerprint density at radius 3 is 2.50 bits per heavy atom. The Balaban J connectivity index is 1.22. The number of aliphatic imine (C=N–C) groups is 1. The summed E-state index contributed by atoms with van der Waals surface area (Å²) in [7, 11) is 1.74. The molecule has 202 valence electrons. The summed E-state index contributed by atoms with van der Waals surface area (Å²) < 4.78 is 7.36. The maximum absolute atomic E-state index is 13.2. The van der Waals surface area contributed by atoms with Crippen molar-refractivity contribution >= 4 is 62.8 Å². The van der Waals surface area contributed by atoms with Crippen LogP contribution in [0.3, 0.4) is 0 Å². The highest BCUT2D eigenvalue weighted by molar-refractivity contribution is 8.18. The Hall–Kier alpha value is -4.34. The molecule has 9 heteroatoms. The van der Waals surface area contributed by atoms with E-state index >= 15 is 0 Å². The molecule has 2 amide bonds. The van der Waals surface area contributed by atoms with Gasteiger partial charge in [-0.05, 0) is 60.3 Å². The molecular weight excluding hydrogens is 522 g/mol. The van der Waals surface area contributed by atoms with Crippen LogP contribution >= 0.6 is 11.8 Å². The van der Waals surface area contributed by atoms with E-state index in [4.69, 9.17) is 9.73 Å². The zero-order valence-electron chi connectivity index (χ0n) is 22.1. The summed E-state index contributed by atoms with van der Waals surface area (Å²) in [5, 5.41) is 4.54. The summed E-state index contributed by atoms with van der Waals surface area (Å²) in [4.78, 5) is 35.1. The lowest BCUT2D eigenvalue weighted by Crippen LogP contribution is -2.36. The molecule has 6 rings (SSSR count). The monoisotopic (exact) mass is 551 g/mol. The highest BCUT2D eigenvalue weighted by Gasteiger charge is 2.30. The largest absolute Gasteiger partial charge is 0.378 e. The molecule has 4 aromatic rings. The number of carbonyl (C=O) groups excluding carboxylic acids is 2. The number of hydrogen-bond donors (Lipinski definition) is 1. The Bertz CT molecular complexity index is 1610. The van der Waals surface area contributed by atoms with Gasteiger partial charge in [-0.15, -0.1) is 0 Å². The van der Waals surface area contributed by atoms with E-state index in [2.05, 4.69) is 22.3 Å². The molecule has 2 aliphatic rings. The molecule has 0 bridgehead atoms. The SMILES string of the molecule is CN1C(=O)/C(=C/c2cn(CC(=O)Nc3ccccc3)c3ccccc23)SC1=Nc1ccc(N2CCOCC2)cc1. The van der Waals surface area contributed by atoms with Gasteiger partial charge < -0.3 is 19.5 Å². The predicted molar refractivity (Wildman–Crippen MR) is 162 cm³/mol. The first kappa shape index (κ1) is 25.9. The number of thioether (sulfide) groups is 1. The second-order valence-electron chi connectivity index (χ2n) is 9.63. The average Bonchev–Trinajstić information content (AvgIpc) is 3.46. The van der Waals surface area contributed by atoms with Crippen molar-refractivity contribution in [3.8, 4) is 0 Å². The third-order valence-electron chi connectivity index (χ3n) is 6.93. The fourth-order valence-electron chi connectivity index (χ4n) is 4.86. The molecule has 0 radical (unpaired) electrons. The van der Waals surface area contributed by atoms with Crippen molar-refractivity contribution in [1.29, 1.82) is 0 Å². The normalized spacial score (nSPS) is 17.8. The number of likely N-dealkylation sites (N-methyl/N-ethyl adjacent to an activating group) is 1. The second-order valence-corrected chi connectivity index (χ2v) is 10.6. The first-order valence-corrected chi connectivity index (χ1v) is 14.0. The van der Waals surface area contributed by atoms with E-state index in [0.29, 0.717) is 10.1 Å². The van der Waals surface area contributed by atoms with Crippen molar-refractivity contribution in [3.05, 3.63) is 95.5 Å². The fourth-order valence-corrected chi connectivity index (χ4v) is 5.84. The summed E-state index contributed by atoms with van der Waals surface area (Å²) in [6, 6.07) is 25.4. The van der Waals surface area contributed by atoms with E-state index < -0.39 is 0 Å². The first-order valence-electron chi connectivity index (χ1n) is 13.2. The van der Waals surface area contributed by atoms with Gasteiger partial charge in [0.2, 0.25) is 5.91 Å². The quantitative estimate of drug-likeness (QED) is 0.327. The minimum Gasteiger partial charge on any atom is -0.378 e. The van der Waals surface area contributed by atoms with E-state index in [1.165, 1.54) is 11.8 Å². The maximum atomic E-state index is 13.2. The van der Waals surface area contributed by atoms with Crippen LogP contribution in [0, 0.1) is 0 Å². The number of aromatic nitrogens is 1. The molecule has 2 aliphatic heterocycles. The number of ether oxygens (including phenoxy) is 1. The van der Waals surface area contributed by atoms with Crippen LogP contribution in [0.4, 0.5) is 17.1 Å². The number of morpholine rings is 1. The molecule has 8 nitrogen and oxygen atoms in total. The van der Waals surface area contributed by atoms with Crippen LogP contribution in [-0.4, -0.2) is 59.8 Å². The molecule has 0 unspecified atom stereocenters. The van der Waals surface area contributed by atoms with E-state index in [9.17, 15) is 9.59 Å². The molecule has 0 spiro atoms. The van der Waals surface area contributed by atoms with Crippen LogP contribution < -0.4 is 10.2 Å². The Labute approximate surface area is 236 Å². The van der Waals surface area contributed by atoms with E-state index in [-0.39, 0.29) is 18.4 Å². The number of hydrogen-bond acceptors (Lipinski definition) is 6. The molecule has 0 saturated carbocycles. The molecule has 2 saturated heterocycles. The smallest absolute Gasteiger partial charge is 0.266 e. The number of nitrogens with zero attached hydrogens (tertiary/aromatic N) is 4. The predicted octanol–water partition coefficient (Wildman–Crippen LogP) is 5.35. The Morgan fingerprint density at radius 2 is 1.73 bits per heavy atom. The Kier molecular flexibility index (Phi) is 7.39. The van der Waals surface area contributed by atoms with E-state index in [0.717, 1.165) is 59.8 Å². The van der Waals surface area contributed by atoms with Crippen LogP contribution in [0.1, 0.15) is 5.56 Å². The van der Waals surface area contributed by atoms with Gasteiger partial charge >= 0.3 is 0 Å². The molecule has 2 fully saturated rings. The van der Waals surface area contributed by atoms with Gasteiger partial charge in [-0.3, -0.25) is 14.5 Å². The number of anilines is 2. The number of amides is 2. The van der Waals surface area contributed by atoms with Crippen molar-refractivity contribution < 1.29 is 14.3 Å². The summed E-state index contributed by atoms with van der Waals surface area (Å²) in [5.74, 6) is -0.224. The van der Waals surface area contributed by atoms with Gasteiger partial charge in [-0.1, -0.05) is 36.4 Å². The van der Waals surface area contributed by atoms with E-state index in [1.54, 1.807) is 11.9 Å². The summed E-state index contributed by atoms with van der Waals surface area (Å²) >= 11 is 1.35. The van der Waals surface area contributed by atoms with E-state index in [1.807, 2.05) is 83.6 Å². The summed E-state index contributed by atoms with van der Waals surface area (Å²) in [6.07, 6.45) is 3.82. The highest BCUT2D eigenvalue weighted by atomic mass is 32.2. The number of para-hydroxylation sites is 2. The fraction of sp³-hybridized carbons (Fsp3) is 0.194. The van der Waals surface area contributed by atoms with Gasteiger partial charge in [-0.2, -0.15) is 0 Å². The topological polar surface area (TPSA) is 79.2 Å². The molecule has 1 aromatic heterocycles. The highest BCUT2D eigenvalue weighted by Crippen LogP contribution is 2.35. The third-order valence-corrected chi connectivity index (χ3v) is 7.99. The van der Waals surface area contributed by atoms with Crippen molar-refractivity contribution in [2.45, 2.75) is 6.54 Å². The standard InChI is InChI=1S/C31H29N5O3S/c1-34-30(38)28(40-31(34)33-24-11-13-25(14-12-24)35-15-17-39-18-16-35)19-22-20-36(27-10-6-5-9-26(22)27)21-29(37)32-23-7-3-2-4-8-23/h2-14,19-20H,15-18,21H2,1H3,(H,32,37)/b28-19-,33-31?. The Morgan fingerprint density at radius 1 is 1.00 bits per heavy atom. The molecule has 0 aliphatic carbocycles. The average molecular weight is 552 g/mol. The number of fused-ring (bicyclic) bond motifs is 1. The number of nitrogens with one attached hydrogen (secondary N) is 1. The van der Waals surface area contributed by atoms with Gasteiger partial charge in [-0.25, -0.2) is 4.99 Å². The zero-order valence-corrected chi connectivity index (χ0v) is 22.9. The number of rotatable bonds is 6. The van der Waals surface area contributed by atoms with Crippen LogP contribution in [-0.2, 0) is 20.9 Å². The molecule has 3 heterocycles. The van der Waals surface area contributed by atoms with Gasteiger partial charge in [0.1, 0.15) is 6.54 Å². The summed E-state index contributed by atoms with van der Waals surface area (Å²) in [5.41, 5.74) is 4.50. The molecule has 3 aromatic carbocycles. The minimum atomic E-state index is -0.119. The van der Waals surface area contributed by atoms with Gasteiger partial charge in [0.15, 0.2) is 5.17 Å².